The number of para-hydroxylation sites is 4. The van der Waals surface area contributed by atoms with Crippen molar-refractivity contribution in [2.45, 2.75) is 88.1 Å². The van der Waals surface area contributed by atoms with Gasteiger partial charge in [0.05, 0.1) is 36.1 Å². The first-order chi connectivity index (χ1) is 25.1. The van der Waals surface area contributed by atoms with Gasteiger partial charge >= 0.3 is 0 Å². The number of hydrogen-bond acceptors (Lipinski definition) is 5. The summed E-state index contributed by atoms with van der Waals surface area (Å²) in [6, 6.07) is 35.9. The van der Waals surface area contributed by atoms with E-state index in [-0.39, 0.29) is 0 Å². The summed E-state index contributed by atoms with van der Waals surface area (Å²) in [5.41, 5.74) is 8.60. The number of rotatable bonds is 6. The molecule has 0 aromatic heterocycles. The van der Waals surface area contributed by atoms with Crippen molar-refractivity contribution >= 4 is 34.1 Å². The van der Waals surface area contributed by atoms with Gasteiger partial charge in [-0.2, -0.15) is 0 Å². The second-order valence-corrected chi connectivity index (χ2v) is 18.4. The Bertz CT molecular complexity index is 1810. The van der Waals surface area contributed by atoms with Crippen LogP contribution in [0.1, 0.15) is 77.0 Å². The molecule has 0 unspecified atom stereocenters. The Morgan fingerprint density at radius 1 is 0.412 bits per heavy atom. The van der Waals surface area contributed by atoms with E-state index < -0.39 is 0 Å². The Labute approximate surface area is 303 Å². The molecule has 0 atom stereocenters. The molecule has 4 aromatic rings. The minimum absolute atomic E-state index is 0.327. The molecule has 4 aromatic carbocycles. The largest absolute Gasteiger partial charge is 0.457 e. The van der Waals surface area contributed by atoms with Crippen LogP contribution < -0.4 is 24.3 Å². The third kappa shape index (κ3) is 4.51. The molecule has 10 aliphatic rings. The Morgan fingerprint density at radius 2 is 0.765 bits per heavy atom. The van der Waals surface area contributed by atoms with Gasteiger partial charge in [-0.15, -0.1) is 0 Å². The molecule has 8 saturated carbocycles. The quantitative estimate of drug-likeness (QED) is 0.202. The van der Waals surface area contributed by atoms with Gasteiger partial charge in [0, 0.05) is 34.6 Å². The molecule has 5 nitrogen and oxygen atoms in total. The highest BCUT2D eigenvalue weighted by molar-refractivity contribution is 5.85. The number of fused-ring (bicyclic) bond motifs is 2. The van der Waals surface area contributed by atoms with Gasteiger partial charge in [-0.1, -0.05) is 36.4 Å². The van der Waals surface area contributed by atoms with Gasteiger partial charge in [0.15, 0.2) is 0 Å². The summed E-state index contributed by atoms with van der Waals surface area (Å²) in [6.45, 7) is 1.86. The van der Waals surface area contributed by atoms with Crippen molar-refractivity contribution in [3.05, 3.63) is 97.1 Å². The molecule has 0 radical (unpaired) electrons. The monoisotopic (exact) mass is 674 g/mol. The summed E-state index contributed by atoms with van der Waals surface area (Å²) >= 11 is 0. The molecule has 51 heavy (non-hydrogen) atoms. The second kappa shape index (κ2) is 10.7. The van der Waals surface area contributed by atoms with Gasteiger partial charge in [-0.25, -0.2) is 0 Å². The maximum absolute atomic E-state index is 6.73. The van der Waals surface area contributed by atoms with E-state index in [1.807, 2.05) is 0 Å². The minimum atomic E-state index is 0.327. The Balaban J connectivity index is 0.820. The summed E-state index contributed by atoms with van der Waals surface area (Å²) in [4.78, 5) is 10.7. The van der Waals surface area contributed by atoms with Gasteiger partial charge in [-0.3, -0.25) is 0 Å². The fraction of sp³-hybridized carbons (Fsp3) is 0.478. The molecule has 0 N–H and O–H groups in total. The fourth-order valence-electron chi connectivity index (χ4n) is 14.0. The van der Waals surface area contributed by atoms with E-state index in [0.29, 0.717) is 11.1 Å². The van der Waals surface area contributed by atoms with E-state index in [4.69, 9.17) is 4.74 Å². The van der Waals surface area contributed by atoms with Crippen LogP contribution in [0.5, 0.6) is 11.5 Å². The van der Waals surface area contributed by atoms with Crippen molar-refractivity contribution in [1.82, 2.24) is 0 Å². The van der Waals surface area contributed by atoms with Crippen LogP contribution in [0, 0.1) is 35.5 Å². The third-order valence-electron chi connectivity index (χ3n) is 15.1. The lowest BCUT2D eigenvalue weighted by Crippen LogP contribution is -2.60. The van der Waals surface area contributed by atoms with Crippen LogP contribution in [0.3, 0.4) is 0 Å². The standard InChI is InChI=1S/C46H50N4O/c1-3-13-43-41(11-1)47(29-49(43)45-23-31-15-32(24-45)17-33(16-31)25-45)37-7-5-9-39(21-37)51-40-10-6-8-38(22-40)48-30-50(44-14-4-2-12-42(44)48)46-26-34-18-35(27-46)20-36(19-34)28-46/h1-14,21-22,31-36H,15-20,23-30H2. The normalized spacial score (nSPS) is 35.1. The predicted molar refractivity (Wildman–Crippen MR) is 207 cm³/mol. The summed E-state index contributed by atoms with van der Waals surface area (Å²) in [6.07, 6.45) is 17.1. The third-order valence-corrected chi connectivity index (χ3v) is 15.1. The van der Waals surface area contributed by atoms with Crippen LogP contribution in [0.25, 0.3) is 0 Å². The van der Waals surface area contributed by atoms with Crippen LogP contribution in [0.2, 0.25) is 0 Å². The predicted octanol–water partition coefficient (Wildman–Crippen LogP) is 11.2. The Hall–Kier alpha value is -4.12. The molecule has 8 bridgehead atoms. The number of nitrogens with zero attached hydrogens (tertiary/aromatic N) is 4. The van der Waals surface area contributed by atoms with E-state index in [1.54, 1.807) is 0 Å². The van der Waals surface area contributed by atoms with Gasteiger partial charge < -0.3 is 24.3 Å². The van der Waals surface area contributed by atoms with Gasteiger partial charge in [0.1, 0.15) is 11.5 Å². The first-order valence-electron chi connectivity index (χ1n) is 20.2. The smallest absolute Gasteiger partial charge is 0.129 e. The molecule has 2 aliphatic heterocycles. The summed E-state index contributed by atoms with van der Waals surface area (Å²) in [5.74, 6) is 7.37. The maximum atomic E-state index is 6.73. The van der Waals surface area contributed by atoms with Crippen molar-refractivity contribution in [2.24, 2.45) is 35.5 Å². The molecular weight excluding hydrogens is 625 g/mol. The van der Waals surface area contributed by atoms with Crippen LogP contribution in [0.4, 0.5) is 34.1 Å². The molecular formula is C46H50N4O. The summed E-state index contributed by atoms with van der Waals surface area (Å²) in [5, 5.41) is 0. The zero-order chi connectivity index (χ0) is 33.3. The first kappa shape index (κ1) is 29.5. The van der Waals surface area contributed by atoms with Gasteiger partial charge in [-0.05, 0) is 161 Å². The van der Waals surface area contributed by atoms with Gasteiger partial charge in [0.2, 0.25) is 0 Å². The van der Waals surface area contributed by atoms with Gasteiger partial charge in [0.25, 0.3) is 0 Å². The molecule has 0 amide bonds. The number of hydrogen-bond donors (Lipinski definition) is 0. The first-order valence-corrected chi connectivity index (χ1v) is 20.2. The molecule has 8 aliphatic carbocycles. The van der Waals surface area contributed by atoms with E-state index in [9.17, 15) is 0 Å². The average molecular weight is 675 g/mol. The second-order valence-electron chi connectivity index (χ2n) is 18.4. The Morgan fingerprint density at radius 3 is 1.14 bits per heavy atom. The molecule has 8 fully saturated rings. The minimum Gasteiger partial charge on any atom is -0.457 e. The zero-order valence-electron chi connectivity index (χ0n) is 29.8. The zero-order valence-corrected chi connectivity index (χ0v) is 29.8. The van der Waals surface area contributed by atoms with E-state index in [2.05, 4.69) is 117 Å². The SMILES string of the molecule is c1cc(Oc2cccc(N3CN(C45CC6CC(CC(C6)C4)C5)c4ccccc43)c2)cc(N2CN(C34CC5CC(CC(C5)C3)C4)c3ccccc32)c1. The fourth-order valence-corrected chi connectivity index (χ4v) is 14.0. The lowest BCUT2D eigenvalue weighted by molar-refractivity contribution is -0.00353. The van der Waals surface area contributed by atoms with Crippen molar-refractivity contribution in [3.8, 4) is 11.5 Å². The number of ether oxygens (including phenoxy) is 1. The van der Waals surface area contributed by atoms with E-state index in [1.165, 1.54) is 111 Å². The molecule has 260 valence electrons. The maximum Gasteiger partial charge on any atom is 0.129 e. The number of benzene rings is 4. The molecule has 5 heteroatoms. The van der Waals surface area contributed by atoms with Crippen LogP contribution in [-0.2, 0) is 0 Å². The highest BCUT2D eigenvalue weighted by atomic mass is 16.5. The number of anilines is 6. The van der Waals surface area contributed by atoms with Crippen molar-refractivity contribution in [3.63, 3.8) is 0 Å². The van der Waals surface area contributed by atoms with Crippen molar-refractivity contribution in [1.29, 1.82) is 0 Å². The molecule has 0 saturated heterocycles. The molecule has 2 heterocycles. The average Bonchev–Trinajstić information content (AvgIpc) is 3.72. The van der Waals surface area contributed by atoms with Crippen LogP contribution in [-0.4, -0.2) is 24.4 Å². The molecule has 14 rings (SSSR count). The lowest BCUT2D eigenvalue weighted by Gasteiger charge is -2.60. The summed E-state index contributed by atoms with van der Waals surface area (Å²) < 4.78 is 6.73. The highest BCUT2D eigenvalue weighted by Crippen LogP contribution is 2.62. The summed E-state index contributed by atoms with van der Waals surface area (Å²) in [7, 11) is 0. The highest BCUT2D eigenvalue weighted by Gasteiger charge is 2.56. The topological polar surface area (TPSA) is 22.2 Å². The van der Waals surface area contributed by atoms with Crippen LogP contribution in [0.15, 0.2) is 97.1 Å². The molecule has 0 spiro atoms. The van der Waals surface area contributed by atoms with Crippen molar-refractivity contribution in [2.75, 3.05) is 32.9 Å². The van der Waals surface area contributed by atoms with Crippen LogP contribution >= 0.6 is 0 Å². The Kier molecular flexibility index (Phi) is 6.19. The lowest BCUT2D eigenvalue weighted by atomic mass is 9.52. The van der Waals surface area contributed by atoms with Crippen molar-refractivity contribution < 1.29 is 4.74 Å². The van der Waals surface area contributed by atoms with E-state index >= 15 is 0 Å². The van der Waals surface area contributed by atoms with E-state index in [0.717, 1.165) is 60.3 Å².